The number of halogens is 4. The molecule has 0 aliphatic heterocycles. The summed E-state index contributed by atoms with van der Waals surface area (Å²) in [6.07, 6.45) is 0.548. The maximum Gasteiger partial charge on any atom is 0.141 e. The molecule has 1 nitrogen and oxygen atoms in total. The van der Waals surface area contributed by atoms with Crippen LogP contribution in [0.4, 0.5) is 0 Å². The number of hydrogen-bond acceptors (Lipinski definition) is 1. The Morgan fingerprint density at radius 1 is 0.800 bits per heavy atom. The summed E-state index contributed by atoms with van der Waals surface area (Å²) in [4.78, 5) is 12.0. The molecular formula is C15H10Cl4O. The number of hydrogen-bond donors (Lipinski definition) is 0. The lowest BCUT2D eigenvalue weighted by molar-refractivity contribution is -0.117. The predicted octanol–water partition coefficient (Wildman–Crippen LogP) is 5.65. The van der Waals surface area contributed by atoms with Gasteiger partial charge >= 0.3 is 0 Å². The topological polar surface area (TPSA) is 17.1 Å². The third-order valence-electron chi connectivity index (χ3n) is 2.79. The fourth-order valence-corrected chi connectivity index (χ4v) is 2.61. The molecule has 0 heterocycles. The second-order valence-corrected chi connectivity index (χ2v) is 6.03. The van der Waals surface area contributed by atoms with E-state index in [9.17, 15) is 4.79 Å². The van der Waals surface area contributed by atoms with Crippen molar-refractivity contribution in [2.24, 2.45) is 0 Å². The number of carbonyl (C=O) groups is 1. The Labute approximate surface area is 137 Å². The van der Waals surface area contributed by atoms with Gasteiger partial charge in [0.25, 0.3) is 0 Å². The summed E-state index contributed by atoms with van der Waals surface area (Å²) < 4.78 is 0. The number of ketones is 1. The van der Waals surface area contributed by atoms with Gasteiger partial charge in [-0.15, -0.1) is 0 Å². The zero-order valence-electron chi connectivity index (χ0n) is 10.3. The van der Waals surface area contributed by atoms with Crippen molar-refractivity contribution in [1.82, 2.24) is 0 Å². The minimum absolute atomic E-state index is 0.0487. The molecule has 0 atom stereocenters. The van der Waals surface area contributed by atoms with E-state index < -0.39 is 0 Å². The van der Waals surface area contributed by atoms with Crippen LogP contribution in [0.2, 0.25) is 20.1 Å². The van der Waals surface area contributed by atoms with Crippen LogP contribution in [-0.4, -0.2) is 5.78 Å². The third kappa shape index (κ3) is 4.13. The molecule has 0 fully saturated rings. The molecule has 0 amide bonds. The van der Waals surface area contributed by atoms with E-state index in [1.165, 1.54) is 0 Å². The summed E-state index contributed by atoms with van der Waals surface area (Å²) in [5.41, 5.74) is 1.59. The van der Waals surface area contributed by atoms with Crippen LogP contribution in [0, 0.1) is 0 Å². The van der Waals surface area contributed by atoms with Crippen molar-refractivity contribution < 1.29 is 4.79 Å². The molecule has 0 spiro atoms. The number of rotatable bonds is 4. The van der Waals surface area contributed by atoms with E-state index in [1.807, 2.05) is 0 Å². The zero-order chi connectivity index (χ0) is 14.7. The van der Waals surface area contributed by atoms with Gasteiger partial charge in [-0.25, -0.2) is 0 Å². The highest BCUT2D eigenvalue weighted by Gasteiger charge is 2.10. The molecule has 2 aromatic carbocycles. The Kier molecular flexibility index (Phi) is 5.34. The van der Waals surface area contributed by atoms with Crippen LogP contribution in [0.3, 0.4) is 0 Å². The molecule has 0 saturated carbocycles. The van der Waals surface area contributed by atoms with Gasteiger partial charge in [0, 0.05) is 22.9 Å². The molecule has 0 N–H and O–H groups in total. The maximum atomic E-state index is 12.0. The summed E-state index contributed by atoms with van der Waals surface area (Å²) in [6.45, 7) is 0. The molecule has 0 saturated heterocycles. The van der Waals surface area contributed by atoms with Gasteiger partial charge < -0.3 is 0 Å². The van der Waals surface area contributed by atoms with Crippen LogP contribution < -0.4 is 0 Å². The van der Waals surface area contributed by atoms with E-state index in [0.717, 1.165) is 11.1 Å². The van der Waals surface area contributed by atoms with E-state index in [2.05, 4.69) is 0 Å². The Hall–Kier alpha value is -0.730. The van der Waals surface area contributed by atoms with Gasteiger partial charge in [0.15, 0.2) is 0 Å². The smallest absolute Gasteiger partial charge is 0.141 e. The van der Waals surface area contributed by atoms with Crippen molar-refractivity contribution in [3.05, 3.63) is 67.6 Å². The zero-order valence-corrected chi connectivity index (χ0v) is 13.3. The van der Waals surface area contributed by atoms with Gasteiger partial charge in [-0.1, -0.05) is 58.5 Å². The van der Waals surface area contributed by atoms with Crippen molar-refractivity contribution in [2.75, 3.05) is 0 Å². The molecule has 0 aliphatic rings. The fraction of sp³-hybridized carbons (Fsp3) is 0.133. The number of carbonyl (C=O) groups excluding carboxylic acids is 1. The molecule has 20 heavy (non-hydrogen) atoms. The highest BCUT2D eigenvalue weighted by atomic mass is 35.5. The van der Waals surface area contributed by atoms with E-state index in [1.54, 1.807) is 36.4 Å². The maximum absolute atomic E-state index is 12.0. The van der Waals surface area contributed by atoms with Gasteiger partial charge in [-0.05, 0) is 35.4 Å². The molecule has 0 unspecified atom stereocenters. The largest absolute Gasteiger partial charge is 0.299 e. The molecule has 5 heteroatoms. The van der Waals surface area contributed by atoms with Gasteiger partial charge in [0.1, 0.15) is 5.78 Å². The molecular weight excluding hydrogens is 338 g/mol. The van der Waals surface area contributed by atoms with Crippen molar-refractivity contribution >= 4 is 52.2 Å². The quantitative estimate of drug-likeness (QED) is 0.697. The van der Waals surface area contributed by atoms with Crippen molar-refractivity contribution in [3.8, 4) is 0 Å². The lowest BCUT2D eigenvalue weighted by Crippen LogP contribution is -2.07. The van der Waals surface area contributed by atoms with Gasteiger partial charge in [-0.2, -0.15) is 0 Å². The van der Waals surface area contributed by atoms with Crippen LogP contribution in [0.15, 0.2) is 36.4 Å². The Morgan fingerprint density at radius 2 is 1.55 bits per heavy atom. The number of benzene rings is 2. The average Bonchev–Trinajstić information content (AvgIpc) is 2.37. The second-order valence-electron chi connectivity index (χ2n) is 4.38. The third-order valence-corrected chi connectivity index (χ3v) is 4.11. The van der Waals surface area contributed by atoms with Crippen LogP contribution in [0.25, 0.3) is 0 Å². The summed E-state index contributed by atoms with van der Waals surface area (Å²) in [5.74, 6) is 0.0487. The van der Waals surface area contributed by atoms with E-state index in [4.69, 9.17) is 46.4 Å². The van der Waals surface area contributed by atoms with Crippen molar-refractivity contribution in [3.63, 3.8) is 0 Å². The van der Waals surface area contributed by atoms with E-state index in [0.29, 0.717) is 20.1 Å². The first-order valence-electron chi connectivity index (χ1n) is 5.85. The number of Topliss-reactive ketones (excluding diaryl/α,β-unsaturated/α-hetero) is 1. The summed E-state index contributed by atoms with van der Waals surface area (Å²) in [7, 11) is 0. The molecule has 0 aliphatic carbocycles. The van der Waals surface area contributed by atoms with Crippen LogP contribution in [0.1, 0.15) is 11.1 Å². The van der Waals surface area contributed by atoms with Crippen molar-refractivity contribution in [2.45, 2.75) is 12.8 Å². The minimum Gasteiger partial charge on any atom is -0.299 e. The van der Waals surface area contributed by atoms with E-state index >= 15 is 0 Å². The standard InChI is InChI=1S/C15H10Cl4O/c16-11-3-2-10(14(18)8-11)7-12(20)5-9-1-4-13(17)15(19)6-9/h1-4,6,8H,5,7H2. The summed E-state index contributed by atoms with van der Waals surface area (Å²) in [6, 6.07) is 10.3. The first-order chi connectivity index (χ1) is 9.45. The Bertz CT molecular complexity index is 652. The summed E-state index contributed by atoms with van der Waals surface area (Å²) in [5, 5.41) is 1.97. The predicted molar refractivity (Wildman–Crippen MR) is 85.3 cm³/mol. The highest BCUT2D eigenvalue weighted by molar-refractivity contribution is 6.42. The average molecular weight is 348 g/mol. The monoisotopic (exact) mass is 346 g/mol. The Balaban J connectivity index is 2.07. The first-order valence-corrected chi connectivity index (χ1v) is 7.36. The molecule has 2 aromatic rings. The second kappa shape index (κ2) is 6.82. The first kappa shape index (κ1) is 15.7. The lowest BCUT2D eigenvalue weighted by Gasteiger charge is -2.05. The fourth-order valence-electron chi connectivity index (χ4n) is 1.82. The molecule has 0 bridgehead atoms. The molecule has 104 valence electrons. The molecule has 2 rings (SSSR count). The van der Waals surface area contributed by atoms with Crippen LogP contribution >= 0.6 is 46.4 Å². The molecule has 0 radical (unpaired) electrons. The van der Waals surface area contributed by atoms with Crippen LogP contribution in [0.5, 0.6) is 0 Å². The minimum atomic E-state index is 0.0487. The van der Waals surface area contributed by atoms with Gasteiger partial charge in [-0.3, -0.25) is 4.79 Å². The molecule has 0 aromatic heterocycles. The summed E-state index contributed by atoms with van der Waals surface area (Å²) >= 11 is 23.6. The van der Waals surface area contributed by atoms with Crippen LogP contribution in [-0.2, 0) is 17.6 Å². The Morgan fingerprint density at radius 3 is 2.20 bits per heavy atom. The van der Waals surface area contributed by atoms with Gasteiger partial charge in [0.05, 0.1) is 10.0 Å². The normalized spacial score (nSPS) is 10.6. The highest BCUT2D eigenvalue weighted by Crippen LogP contribution is 2.24. The lowest BCUT2D eigenvalue weighted by atomic mass is 10.0. The van der Waals surface area contributed by atoms with E-state index in [-0.39, 0.29) is 18.6 Å². The SMILES string of the molecule is O=C(Cc1ccc(Cl)c(Cl)c1)Cc1ccc(Cl)cc1Cl. The van der Waals surface area contributed by atoms with Gasteiger partial charge in [0.2, 0.25) is 0 Å². The van der Waals surface area contributed by atoms with Crippen molar-refractivity contribution in [1.29, 1.82) is 0 Å².